The Labute approximate surface area is 231 Å². The second-order valence-electron chi connectivity index (χ2n) is 10.3. The van der Waals surface area contributed by atoms with Crippen molar-refractivity contribution in [2.75, 3.05) is 13.2 Å². The van der Waals surface area contributed by atoms with Crippen molar-refractivity contribution in [2.45, 2.75) is 45.8 Å². The molecule has 0 aliphatic carbocycles. The molecule has 0 fully saturated rings. The highest BCUT2D eigenvalue weighted by Crippen LogP contribution is 2.39. The lowest BCUT2D eigenvalue weighted by molar-refractivity contribution is 0.0683. The fourth-order valence-electron chi connectivity index (χ4n) is 6.06. The molecular weight excluding hydrogens is 509 g/mol. The van der Waals surface area contributed by atoms with Gasteiger partial charge in [-0.1, -0.05) is 42.5 Å². The third kappa shape index (κ3) is 4.52. The van der Waals surface area contributed by atoms with E-state index in [4.69, 9.17) is 9.47 Å². The molecule has 3 heterocycles. The van der Waals surface area contributed by atoms with Crippen LogP contribution in [0.3, 0.4) is 0 Å². The van der Waals surface area contributed by atoms with Gasteiger partial charge in [-0.05, 0) is 50.3 Å². The molecule has 1 aliphatic rings. The summed E-state index contributed by atoms with van der Waals surface area (Å²) in [5, 5.41) is 17.3. The maximum Gasteiger partial charge on any atom is 0.352 e. The molecule has 1 N–H and O–H groups in total. The van der Waals surface area contributed by atoms with Crippen LogP contribution >= 0.6 is 0 Å². The molecule has 0 bridgehead atoms. The third-order valence-corrected chi connectivity index (χ3v) is 7.82. The Hall–Kier alpha value is -4.17. The molecule has 206 valence electrons. The fourth-order valence-corrected chi connectivity index (χ4v) is 6.06. The standard InChI is InChI=1S/C32H32FN3O4/c1-20-29-25-12-7-11-23-24(13-8-18-40-28-15-14-26(33)21-9-3-4-10-22(21)28)31(32(37)38)36(30(23)25)16-5-6-17-39-19-27(29)35(2)34-20/h3-4,7,9-12,14-15H,5-6,8,13,16-19H2,1-2H3,(H,37,38). The third-order valence-electron chi connectivity index (χ3n) is 7.82. The second kappa shape index (κ2) is 10.8. The van der Waals surface area contributed by atoms with Crippen LogP contribution in [0.2, 0.25) is 0 Å². The zero-order chi connectivity index (χ0) is 27.8. The number of aromatic nitrogens is 3. The van der Waals surface area contributed by atoms with Crippen LogP contribution in [-0.2, 0) is 31.4 Å². The molecule has 5 aromatic rings. The maximum atomic E-state index is 14.2. The average molecular weight is 542 g/mol. The number of rotatable bonds is 6. The number of fused-ring (bicyclic) bond motifs is 3. The molecule has 0 radical (unpaired) electrons. The number of aryl methyl sites for hydroxylation is 4. The Bertz CT molecular complexity index is 1740. The monoisotopic (exact) mass is 541 g/mol. The molecule has 40 heavy (non-hydrogen) atoms. The smallest absolute Gasteiger partial charge is 0.352 e. The molecule has 0 saturated carbocycles. The van der Waals surface area contributed by atoms with Crippen LogP contribution in [0.5, 0.6) is 5.75 Å². The van der Waals surface area contributed by atoms with E-state index >= 15 is 0 Å². The molecule has 7 nitrogen and oxygen atoms in total. The van der Waals surface area contributed by atoms with Crippen molar-refractivity contribution >= 4 is 27.6 Å². The molecule has 6 rings (SSSR count). The van der Waals surface area contributed by atoms with Gasteiger partial charge in [0.1, 0.15) is 17.3 Å². The Morgan fingerprint density at radius 3 is 2.70 bits per heavy atom. The van der Waals surface area contributed by atoms with E-state index in [1.807, 2.05) is 47.5 Å². The van der Waals surface area contributed by atoms with Gasteiger partial charge in [-0.3, -0.25) is 4.68 Å². The zero-order valence-corrected chi connectivity index (χ0v) is 22.7. The number of carboxylic acids is 1. The molecule has 8 heteroatoms. The van der Waals surface area contributed by atoms with Gasteiger partial charge in [0.15, 0.2) is 0 Å². The fraction of sp³-hybridized carbons (Fsp3) is 0.312. The lowest BCUT2D eigenvalue weighted by Gasteiger charge is -2.12. The minimum absolute atomic E-state index is 0.282. The van der Waals surface area contributed by atoms with Crippen molar-refractivity contribution in [3.63, 3.8) is 0 Å². The normalized spacial score (nSPS) is 13.8. The first kappa shape index (κ1) is 26.1. The Kier molecular flexibility index (Phi) is 7.02. The molecule has 0 unspecified atom stereocenters. The summed E-state index contributed by atoms with van der Waals surface area (Å²) in [4.78, 5) is 12.7. The molecule has 0 amide bonds. The predicted molar refractivity (Wildman–Crippen MR) is 152 cm³/mol. The summed E-state index contributed by atoms with van der Waals surface area (Å²) in [6, 6.07) is 16.4. The van der Waals surface area contributed by atoms with Crippen molar-refractivity contribution in [3.05, 3.63) is 83.1 Å². The number of para-hydroxylation sites is 1. The maximum absolute atomic E-state index is 14.2. The van der Waals surface area contributed by atoms with Gasteiger partial charge in [0.25, 0.3) is 0 Å². The Balaban J connectivity index is 1.39. The predicted octanol–water partition coefficient (Wildman–Crippen LogP) is 6.66. The number of carbonyl (C=O) groups is 1. The number of benzene rings is 3. The minimum Gasteiger partial charge on any atom is -0.493 e. The van der Waals surface area contributed by atoms with Crippen LogP contribution in [0.15, 0.2) is 54.6 Å². The summed E-state index contributed by atoms with van der Waals surface area (Å²) in [5.41, 5.74) is 5.93. The van der Waals surface area contributed by atoms with Crippen molar-refractivity contribution in [2.24, 2.45) is 7.05 Å². The topological polar surface area (TPSA) is 78.5 Å². The molecule has 2 aromatic heterocycles. The molecular formula is C32H32FN3O4. The molecule has 1 aliphatic heterocycles. The van der Waals surface area contributed by atoms with E-state index in [2.05, 4.69) is 11.2 Å². The highest BCUT2D eigenvalue weighted by atomic mass is 19.1. The van der Waals surface area contributed by atoms with Crippen molar-refractivity contribution in [3.8, 4) is 16.9 Å². The first-order valence-corrected chi connectivity index (χ1v) is 13.7. The summed E-state index contributed by atoms with van der Waals surface area (Å²) >= 11 is 0. The van der Waals surface area contributed by atoms with Gasteiger partial charge in [-0.2, -0.15) is 5.10 Å². The van der Waals surface area contributed by atoms with E-state index in [1.165, 1.54) is 6.07 Å². The van der Waals surface area contributed by atoms with Crippen molar-refractivity contribution in [1.29, 1.82) is 0 Å². The number of ether oxygens (including phenoxy) is 2. The average Bonchev–Trinajstić information content (AvgIpc) is 3.40. The van der Waals surface area contributed by atoms with E-state index < -0.39 is 5.97 Å². The van der Waals surface area contributed by atoms with E-state index in [9.17, 15) is 14.3 Å². The van der Waals surface area contributed by atoms with E-state index in [1.54, 1.807) is 18.2 Å². The highest BCUT2D eigenvalue weighted by Gasteiger charge is 2.27. The number of carboxylic acid groups (broad SMARTS) is 1. The summed E-state index contributed by atoms with van der Waals surface area (Å²) in [6.45, 7) is 4.02. The van der Waals surface area contributed by atoms with Gasteiger partial charge >= 0.3 is 5.97 Å². The summed E-state index contributed by atoms with van der Waals surface area (Å²) in [5.74, 6) is -0.593. The van der Waals surface area contributed by atoms with Crippen molar-refractivity contribution < 1.29 is 23.8 Å². The summed E-state index contributed by atoms with van der Waals surface area (Å²) in [6.07, 6.45) is 2.80. The largest absolute Gasteiger partial charge is 0.493 e. The van der Waals surface area contributed by atoms with Crippen molar-refractivity contribution in [1.82, 2.24) is 14.3 Å². The molecule has 0 spiro atoms. The van der Waals surface area contributed by atoms with Crippen LogP contribution in [0.1, 0.15) is 46.7 Å². The second-order valence-corrected chi connectivity index (χ2v) is 10.3. The first-order valence-electron chi connectivity index (χ1n) is 13.7. The van der Waals surface area contributed by atoms with E-state index in [0.29, 0.717) is 56.0 Å². The van der Waals surface area contributed by atoms with E-state index in [0.717, 1.165) is 57.2 Å². The summed E-state index contributed by atoms with van der Waals surface area (Å²) in [7, 11) is 1.92. The Morgan fingerprint density at radius 1 is 1.07 bits per heavy atom. The van der Waals surface area contributed by atoms with Gasteiger partial charge in [0.05, 0.1) is 30.1 Å². The molecule has 3 aromatic carbocycles. The number of hydrogen-bond acceptors (Lipinski definition) is 4. The quantitative estimate of drug-likeness (QED) is 0.243. The Morgan fingerprint density at radius 2 is 1.88 bits per heavy atom. The van der Waals surface area contributed by atoms with Crippen LogP contribution in [-0.4, -0.2) is 38.6 Å². The van der Waals surface area contributed by atoms with Crippen LogP contribution in [0.4, 0.5) is 4.39 Å². The van der Waals surface area contributed by atoms with Gasteiger partial charge in [0.2, 0.25) is 0 Å². The zero-order valence-electron chi connectivity index (χ0n) is 22.7. The van der Waals surface area contributed by atoms with Gasteiger partial charge in [-0.25, -0.2) is 9.18 Å². The first-order chi connectivity index (χ1) is 19.5. The van der Waals surface area contributed by atoms with Crippen LogP contribution < -0.4 is 4.74 Å². The molecule has 0 atom stereocenters. The minimum atomic E-state index is -0.933. The van der Waals surface area contributed by atoms with Gasteiger partial charge in [0, 0.05) is 47.5 Å². The van der Waals surface area contributed by atoms with Crippen LogP contribution in [0.25, 0.3) is 32.8 Å². The lowest BCUT2D eigenvalue weighted by Crippen LogP contribution is -2.12. The number of nitrogens with zero attached hydrogens (tertiary/aromatic N) is 3. The number of hydrogen-bond donors (Lipinski definition) is 1. The molecule has 0 saturated heterocycles. The van der Waals surface area contributed by atoms with E-state index in [-0.39, 0.29) is 5.82 Å². The SMILES string of the molecule is Cc1nn(C)c2c1-c1cccc3c(CCCOc4ccc(F)c5ccccc45)c(C(=O)O)n(c13)CCCCOC2. The van der Waals surface area contributed by atoms with Gasteiger partial charge < -0.3 is 19.1 Å². The number of aromatic carboxylic acids is 1. The highest BCUT2D eigenvalue weighted by molar-refractivity contribution is 6.04. The number of halogens is 1. The van der Waals surface area contributed by atoms with Crippen LogP contribution in [0, 0.1) is 12.7 Å². The van der Waals surface area contributed by atoms with Gasteiger partial charge in [-0.15, -0.1) is 0 Å². The lowest BCUT2D eigenvalue weighted by atomic mass is 9.98. The summed E-state index contributed by atoms with van der Waals surface area (Å²) < 4.78 is 30.1.